The van der Waals surface area contributed by atoms with E-state index in [0.717, 1.165) is 25.2 Å². The third-order valence-corrected chi connectivity index (χ3v) is 3.23. The van der Waals surface area contributed by atoms with E-state index in [0.29, 0.717) is 18.7 Å². The van der Waals surface area contributed by atoms with E-state index in [1.807, 2.05) is 28.8 Å². The lowest BCUT2D eigenvalue weighted by Gasteiger charge is -2.17. The Morgan fingerprint density at radius 2 is 2.05 bits per heavy atom. The summed E-state index contributed by atoms with van der Waals surface area (Å²) in [6, 6.07) is 6.87. The molecule has 0 unspecified atom stereocenters. The molecule has 2 aromatic rings. The monoisotopic (exact) mass is 276 g/mol. The Labute approximate surface area is 119 Å². The first-order valence-corrected chi connectivity index (χ1v) is 6.99. The topological polar surface area (TPSA) is 34.0 Å². The highest BCUT2D eigenvalue weighted by Gasteiger charge is 2.09. The number of rotatable bonds is 7. The number of aromatic nitrogens is 3. The van der Waals surface area contributed by atoms with Gasteiger partial charge in [0.1, 0.15) is 18.0 Å². The van der Waals surface area contributed by atoms with Crippen molar-refractivity contribution in [3.63, 3.8) is 0 Å². The third-order valence-electron chi connectivity index (χ3n) is 3.23. The first kappa shape index (κ1) is 14.7. The summed E-state index contributed by atoms with van der Waals surface area (Å²) in [5.41, 5.74) is 0.703. The van der Waals surface area contributed by atoms with E-state index in [1.165, 1.54) is 6.07 Å². The van der Waals surface area contributed by atoms with Crippen LogP contribution in [0.5, 0.6) is 0 Å². The van der Waals surface area contributed by atoms with Crippen LogP contribution in [-0.2, 0) is 19.6 Å². The van der Waals surface area contributed by atoms with Crippen molar-refractivity contribution in [3.05, 3.63) is 47.8 Å². The lowest BCUT2D eigenvalue weighted by molar-refractivity contribution is 0.297. The second-order valence-corrected chi connectivity index (χ2v) is 5.02. The van der Waals surface area contributed by atoms with Gasteiger partial charge in [0.15, 0.2) is 0 Å². The molecule has 0 amide bonds. The van der Waals surface area contributed by atoms with Crippen LogP contribution in [0.4, 0.5) is 4.39 Å². The van der Waals surface area contributed by atoms with Gasteiger partial charge in [-0.05, 0) is 19.5 Å². The van der Waals surface area contributed by atoms with E-state index >= 15 is 0 Å². The summed E-state index contributed by atoms with van der Waals surface area (Å²) in [6.07, 6.45) is 3.81. The van der Waals surface area contributed by atoms with Gasteiger partial charge in [-0.2, -0.15) is 5.10 Å². The summed E-state index contributed by atoms with van der Waals surface area (Å²) in [5.74, 6) is 0.768. The molecule has 0 bridgehead atoms. The van der Waals surface area contributed by atoms with Crippen molar-refractivity contribution in [1.82, 2.24) is 19.7 Å². The lowest BCUT2D eigenvalue weighted by Crippen LogP contribution is -2.21. The van der Waals surface area contributed by atoms with Gasteiger partial charge in [0, 0.05) is 18.7 Å². The Bertz CT molecular complexity index is 538. The maximum Gasteiger partial charge on any atom is 0.141 e. The van der Waals surface area contributed by atoms with E-state index in [4.69, 9.17) is 0 Å². The quantitative estimate of drug-likeness (QED) is 0.780. The number of nitrogens with zero attached hydrogens (tertiary/aromatic N) is 4. The van der Waals surface area contributed by atoms with Gasteiger partial charge in [0.25, 0.3) is 0 Å². The minimum absolute atomic E-state index is 0.160. The Kier molecular flexibility index (Phi) is 5.24. The van der Waals surface area contributed by atoms with Crippen molar-refractivity contribution >= 4 is 0 Å². The molecule has 0 saturated carbocycles. The molecule has 0 fully saturated rings. The van der Waals surface area contributed by atoms with Crippen molar-refractivity contribution < 1.29 is 4.39 Å². The van der Waals surface area contributed by atoms with Crippen LogP contribution in [0.15, 0.2) is 30.6 Å². The molecule has 0 aliphatic carbocycles. The molecule has 0 N–H and O–H groups in total. The summed E-state index contributed by atoms with van der Waals surface area (Å²) < 4.78 is 15.5. The average molecular weight is 276 g/mol. The Balaban J connectivity index is 1.96. The zero-order valence-corrected chi connectivity index (χ0v) is 12.1. The van der Waals surface area contributed by atoms with Crippen molar-refractivity contribution in [3.8, 4) is 0 Å². The van der Waals surface area contributed by atoms with Gasteiger partial charge in [0.05, 0.1) is 6.54 Å². The van der Waals surface area contributed by atoms with Gasteiger partial charge >= 0.3 is 0 Å². The predicted molar refractivity (Wildman–Crippen MR) is 76.5 cm³/mol. The minimum atomic E-state index is -0.160. The highest BCUT2D eigenvalue weighted by Crippen LogP contribution is 2.10. The van der Waals surface area contributed by atoms with E-state index in [-0.39, 0.29) is 5.82 Å². The summed E-state index contributed by atoms with van der Waals surface area (Å²) in [4.78, 5) is 6.34. The molecule has 0 aliphatic heterocycles. The van der Waals surface area contributed by atoms with Crippen molar-refractivity contribution in [2.75, 3.05) is 7.05 Å². The highest BCUT2D eigenvalue weighted by molar-refractivity contribution is 5.17. The summed E-state index contributed by atoms with van der Waals surface area (Å²) >= 11 is 0. The molecule has 0 saturated heterocycles. The highest BCUT2D eigenvalue weighted by atomic mass is 19.1. The van der Waals surface area contributed by atoms with Crippen LogP contribution in [0.3, 0.4) is 0 Å². The fourth-order valence-corrected chi connectivity index (χ4v) is 2.12. The molecular weight excluding hydrogens is 255 g/mol. The van der Waals surface area contributed by atoms with E-state index in [2.05, 4.69) is 17.0 Å². The predicted octanol–water partition coefficient (Wildman–Crippen LogP) is 2.85. The number of halogens is 1. The smallest absolute Gasteiger partial charge is 0.141 e. The summed E-state index contributed by atoms with van der Waals surface area (Å²) in [6.45, 7) is 4.27. The summed E-state index contributed by atoms with van der Waals surface area (Å²) in [7, 11) is 1.96. The molecule has 1 heterocycles. The largest absolute Gasteiger partial charge is 0.295 e. The average Bonchev–Trinajstić information content (AvgIpc) is 2.86. The van der Waals surface area contributed by atoms with Crippen molar-refractivity contribution in [2.45, 2.75) is 39.4 Å². The molecule has 0 radical (unpaired) electrons. The van der Waals surface area contributed by atoms with Crippen molar-refractivity contribution in [1.29, 1.82) is 0 Å². The van der Waals surface area contributed by atoms with Crippen LogP contribution in [0.2, 0.25) is 0 Å². The molecule has 1 aromatic carbocycles. The van der Waals surface area contributed by atoms with Crippen LogP contribution < -0.4 is 0 Å². The fourth-order valence-electron chi connectivity index (χ4n) is 2.12. The Morgan fingerprint density at radius 3 is 2.80 bits per heavy atom. The molecule has 0 spiro atoms. The lowest BCUT2D eigenvalue weighted by atomic mass is 10.2. The summed E-state index contributed by atoms with van der Waals surface area (Å²) in [5, 5.41) is 4.24. The third kappa shape index (κ3) is 3.87. The van der Waals surface area contributed by atoms with Gasteiger partial charge in [0.2, 0.25) is 0 Å². The minimum Gasteiger partial charge on any atom is -0.295 e. The number of hydrogen-bond acceptors (Lipinski definition) is 3. The molecule has 1 aromatic heterocycles. The van der Waals surface area contributed by atoms with Crippen LogP contribution in [0.25, 0.3) is 0 Å². The molecule has 20 heavy (non-hydrogen) atoms. The van der Waals surface area contributed by atoms with E-state index in [9.17, 15) is 4.39 Å². The molecular formula is C15H21FN4. The van der Waals surface area contributed by atoms with Gasteiger partial charge in [-0.15, -0.1) is 0 Å². The molecule has 5 heteroatoms. The van der Waals surface area contributed by atoms with Crippen LogP contribution in [0.1, 0.15) is 31.2 Å². The van der Waals surface area contributed by atoms with Crippen LogP contribution >= 0.6 is 0 Å². The first-order chi connectivity index (χ1) is 9.70. The SMILES string of the molecule is CCCCn1ncnc1CN(C)Cc1ccccc1F. The maximum atomic E-state index is 13.6. The molecule has 0 aliphatic rings. The maximum absolute atomic E-state index is 13.6. The van der Waals surface area contributed by atoms with Gasteiger partial charge in [-0.1, -0.05) is 31.5 Å². The van der Waals surface area contributed by atoms with Crippen LogP contribution in [0, 0.1) is 5.82 Å². The molecule has 0 atom stereocenters. The standard InChI is InChI=1S/C15H21FN4/c1-3-4-9-20-15(17-12-18-20)11-19(2)10-13-7-5-6-8-14(13)16/h5-8,12H,3-4,9-11H2,1-2H3. The number of hydrogen-bond donors (Lipinski definition) is 0. The zero-order valence-electron chi connectivity index (χ0n) is 12.1. The molecule has 2 rings (SSSR count). The zero-order chi connectivity index (χ0) is 14.4. The van der Waals surface area contributed by atoms with Gasteiger partial charge in [-0.25, -0.2) is 14.1 Å². The molecule has 4 nitrogen and oxygen atoms in total. The number of unbranched alkanes of at least 4 members (excludes halogenated alkanes) is 1. The van der Waals surface area contributed by atoms with E-state index < -0.39 is 0 Å². The van der Waals surface area contributed by atoms with Crippen molar-refractivity contribution in [2.24, 2.45) is 0 Å². The van der Waals surface area contributed by atoms with Gasteiger partial charge < -0.3 is 0 Å². The number of aryl methyl sites for hydroxylation is 1. The van der Waals surface area contributed by atoms with E-state index in [1.54, 1.807) is 12.4 Å². The Morgan fingerprint density at radius 1 is 1.25 bits per heavy atom. The second-order valence-electron chi connectivity index (χ2n) is 5.02. The first-order valence-electron chi connectivity index (χ1n) is 6.99. The Hall–Kier alpha value is -1.75. The fraction of sp³-hybridized carbons (Fsp3) is 0.467. The van der Waals surface area contributed by atoms with Crippen LogP contribution in [-0.4, -0.2) is 26.7 Å². The second kappa shape index (κ2) is 7.14. The molecule has 108 valence electrons. The van der Waals surface area contributed by atoms with Gasteiger partial charge in [-0.3, -0.25) is 4.90 Å². The normalized spacial score (nSPS) is 11.2. The number of benzene rings is 1.